The Morgan fingerprint density at radius 1 is 1.45 bits per heavy atom. The zero-order valence-corrected chi connectivity index (χ0v) is 13.5. The molecule has 2 unspecified atom stereocenters. The summed E-state index contributed by atoms with van der Waals surface area (Å²) in [4.78, 5) is 10.3. The van der Waals surface area contributed by atoms with Crippen LogP contribution < -0.4 is 5.73 Å². The average molecular weight is 327 g/mol. The van der Waals surface area contributed by atoms with Crippen LogP contribution in [0.4, 0.5) is 5.69 Å². The van der Waals surface area contributed by atoms with Crippen molar-refractivity contribution in [2.45, 2.75) is 25.2 Å². The van der Waals surface area contributed by atoms with Gasteiger partial charge in [0.15, 0.2) is 4.90 Å². The standard InChI is InChI=1S/C14H21N3O4S/c1-10-6-7-16(9-12(10)8-15)22(20,21)14-11(2)4-3-5-13(14)17(18)19/h3-5,10,12H,6-9,15H2,1-2H3. The third kappa shape index (κ3) is 2.99. The predicted molar refractivity (Wildman–Crippen MR) is 82.9 cm³/mol. The van der Waals surface area contributed by atoms with E-state index in [1.165, 1.54) is 16.4 Å². The second-order valence-corrected chi connectivity index (χ2v) is 7.68. The Hall–Kier alpha value is -1.51. The summed E-state index contributed by atoms with van der Waals surface area (Å²) in [6, 6.07) is 4.30. The van der Waals surface area contributed by atoms with Crippen molar-refractivity contribution in [1.82, 2.24) is 4.31 Å². The minimum absolute atomic E-state index is 0.0756. The number of rotatable bonds is 4. The molecule has 7 nitrogen and oxygen atoms in total. The third-order valence-electron chi connectivity index (χ3n) is 4.37. The van der Waals surface area contributed by atoms with Crippen molar-refractivity contribution >= 4 is 15.7 Å². The van der Waals surface area contributed by atoms with Gasteiger partial charge < -0.3 is 5.73 Å². The second-order valence-electron chi connectivity index (χ2n) is 5.81. The first-order chi connectivity index (χ1) is 10.3. The van der Waals surface area contributed by atoms with Gasteiger partial charge in [-0.05, 0) is 37.3 Å². The number of hydrogen-bond donors (Lipinski definition) is 1. The number of piperidine rings is 1. The molecule has 1 aromatic carbocycles. The molecular formula is C14H21N3O4S. The summed E-state index contributed by atoms with van der Waals surface area (Å²) in [5.74, 6) is 0.426. The van der Waals surface area contributed by atoms with Crippen molar-refractivity contribution in [3.63, 3.8) is 0 Å². The fourth-order valence-electron chi connectivity index (χ4n) is 2.89. The van der Waals surface area contributed by atoms with E-state index in [0.29, 0.717) is 37.5 Å². The largest absolute Gasteiger partial charge is 0.330 e. The summed E-state index contributed by atoms with van der Waals surface area (Å²) < 4.78 is 27.1. The lowest BCUT2D eigenvalue weighted by Crippen LogP contribution is -2.45. The fraction of sp³-hybridized carbons (Fsp3) is 0.571. The SMILES string of the molecule is Cc1cccc([N+](=O)[O-])c1S(=O)(=O)N1CCC(C)C(CN)C1. The van der Waals surface area contributed by atoms with E-state index in [1.807, 2.05) is 0 Å². The van der Waals surface area contributed by atoms with Gasteiger partial charge in [-0.3, -0.25) is 10.1 Å². The van der Waals surface area contributed by atoms with Crippen LogP contribution in [-0.4, -0.2) is 37.3 Å². The van der Waals surface area contributed by atoms with Gasteiger partial charge >= 0.3 is 0 Å². The lowest BCUT2D eigenvalue weighted by atomic mass is 9.88. The minimum Gasteiger partial charge on any atom is -0.330 e. The summed E-state index contributed by atoms with van der Waals surface area (Å²) in [5, 5.41) is 11.2. The Morgan fingerprint density at radius 2 is 2.14 bits per heavy atom. The summed E-state index contributed by atoms with van der Waals surface area (Å²) in [6.07, 6.45) is 0.709. The molecule has 1 aromatic rings. The van der Waals surface area contributed by atoms with Gasteiger partial charge in [0, 0.05) is 19.2 Å². The molecule has 1 aliphatic heterocycles. The van der Waals surface area contributed by atoms with E-state index in [-0.39, 0.29) is 16.5 Å². The summed E-state index contributed by atoms with van der Waals surface area (Å²) in [7, 11) is -3.90. The fourth-order valence-corrected chi connectivity index (χ4v) is 4.76. The molecule has 22 heavy (non-hydrogen) atoms. The lowest BCUT2D eigenvalue weighted by Gasteiger charge is -2.35. The Labute approximate surface area is 130 Å². The molecule has 0 spiro atoms. The molecular weight excluding hydrogens is 306 g/mol. The maximum Gasteiger partial charge on any atom is 0.289 e. The zero-order chi connectivity index (χ0) is 16.5. The number of aryl methyl sites for hydroxylation is 1. The smallest absolute Gasteiger partial charge is 0.289 e. The quantitative estimate of drug-likeness (QED) is 0.666. The number of nitrogens with two attached hydrogens (primary N) is 1. The van der Waals surface area contributed by atoms with Gasteiger partial charge in [0.25, 0.3) is 5.69 Å². The van der Waals surface area contributed by atoms with Crippen molar-refractivity contribution < 1.29 is 13.3 Å². The van der Waals surface area contributed by atoms with Gasteiger partial charge in [-0.1, -0.05) is 19.1 Å². The van der Waals surface area contributed by atoms with Crippen molar-refractivity contribution in [2.75, 3.05) is 19.6 Å². The van der Waals surface area contributed by atoms with Crippen molar-refractivity contribution in [3.05, 3.63) is 33.9 Å². The molecule has 0 saturated carbocycles. The van der Waals surface area contributed by atoms with Gasteiger partial charge in [-0.15, -0.1) is 0 Å². The molecule has 1 fully saturated rings. The molecule has 122 valence electrons. The first-order valence-electron chi connectivity index (χ1n) is 7.23. The monoisotopic (exact) mass is 327 g/mol. The maximum absolute atomic E-state index is 12.9. The summed E-state index contributed by atoms with van der Waals surface area (Å²) in [6.45, 7) is 4.71. The van der Waals surface area contributed by atoms with Crippen LogP contribution in [0, 0.1) is 28.9 Å². The molecule has 0 amide bonds. The number of nitro groups is 1. The van der Waals surface area contributed by atoms with Gasteiger partial charge in [0.05, 0.1) is 4.92 Å². The highest BCUT2D eigenvalue weighted by Crippen LogP contribution is 2.33. The van der Waals surface area contributed by atoms with Crippen LogP contribution in [0.5, 0.6) is 0 Å². The van der Waals surface area contributed by atoms with Gasteiger partial charge in [0.1, 0.15) is 0 Å². The van der Waals surface area contributed by atoms with E-state index >= 15 is 0 Å². The topological polar surface area (TPSA) is 107 Å². The number of nitrogens with zero attached hydrogens (tertiary/aromatic N) is 2. The molecule has 8 heteroatoms. The molecule has 0 aromatic heterocycles. The van der Waals surface area contributed by atoms with Crippen LogP contribution in [0.25, 0.3) is 0 Å². The highest BCUT2D eigenvalue weighted by molar-refractivity contribution is 7.89. The molecule has 0 radical (unpaired) electrons. The molecule has 1 aliphatic rings. The first kappa shape index (κ1) is 16.9. The Morgan fingerprint density at radius 3 is 2.73 bits per heavy atom. The van der Waals surface area contributed by atoms with E-state index < -0.39 is 14.9 Å². The van der Waals surface area contributed by atoms with Crippen LogP contribution in [0.15, 0.2) is 23.1 Å². The number of nitro benzene ring substituents is 1. The van der Waals surface area contributed by atoms with Gasteiger partial charge in [-0.2, -0.15) is 4.31 Å². The number of hydrogen-bond acceptors (Lipinski definition) is 5. The van der Waals surface area contributed by atoms with E-state index in [0.717, 1.165) is 0 Å². The molecule has 1 heterocycles. The third-order valence-corrected chi connectivity index (χ3v) is 6.42. The van der Waals surface area contributed by atoms with Crippen molar-refractivity contribution in [2.24, 2.45) is 17.6 Å². The highest BCUT2D eigenvalue weighted by atomic mass is 32.2. The van der Waals surface area contributed by atoms with Crippen LogP contribution in [-0.2, 0) is 10.0 Å². The average Bonchev–Trinajstić information content (AvgIpc) is 2.46. The predicted octanol–water partition coefficient (Wildman–Crippen LogP) is 1.51. The number of benzene rings is 1. The highest BCUT2D eigenvalue weighted by Gasteiger charge is 2.37. The lowest BCUT2D eigenvalue weighted by molar-refractivity contribution is -0.387. The molecule has 0 aliphatic carbocycles. The van der Waals surface area contributed by atoms with Crippen LogP contribution in [0.3, 0.4) is 0 Å². The number of sulfonamides is 1. The van der Waals surface area contributed by atoms with Crippen LogP contribution in [0.1, 0.15) is 18.9 Å². The Kier molecular flexibility index (Phi) is 4.84. The van der Waals surface area contributed by atoms with Crippen LogP contribution in [0.2, 0.25) is 0 Å². The van der Waals surface area contributed by atoms with E-state index in [4.69, 9.17) is 5.73 Å². The van der Waals surface area contributed by atoms with Gasteiger partial charge in [-0.25, -0.2) is 8.42 Å². The van der Waals surface area contributed by atoms with E-state index in [2.05, 4.69) is 6.92 Å². The normalized spacial score (nSPS) is 23.4. The van der Waals surface area contributed by atoms with E-state index in [9.17, 15) is 18.5 Å². The maximum atomic E-state index is 12.9. The van der Waals surface area contributed by atoms with E-state index in [1.54, 1.807) is 13.0 Å². The van der Waals surface area contributed by atoms with Gasteiger partial charge in [0.2, 0.25) is 10.0 Å². The zero-order valence-electron chi connectivity index (χ0n) is 12.7. The Balaban J connectivity index is 2.46. The van der Waals surface area contributed by atoms with Crippen molar-refractivity contribution in [1.29, 1.82) is 0 Å². The van der Waals surface area contributed by atoms with Crippen molar-refractivity contribution in [3.8, 4) is 0 Å². The summed E-state index contributed by atoms with van der Waals surface area (Å²) >= 11 is 0. The van der Waals surface area contributed by atoms with Crippen LogP contribution >= 0.6 is 0 Å². The molecule has 2 atom stereocenters. The Bertz CT molecular complexity index is 675. The minimum atomic E-state index is -3.90. The molecule has 1 saturated heterocycles. The second kappa shape index (κ2) is 6.31. The molecule has 2 rings (SSSR count). The first-order valence-corrected chi connectivity index (χ1v) is 8.67. The molecule has 0 bridgehead atoms. The summed E-state index contributed by atoms with van der Waals surface area (Å²) in [5.41, 5.74) is 5.73. The molecule has 2 N–H and O–H groups in total.